The first kappa shape index (κ1) is 11.0. The van der Waals surface area contributed by atoms with E-state index in [0.717, 1.165) is 13.2 Å². The fourth-order valence-corrected chi connectivity index (χ4v) is 2.80. The molecule has 1 aliphatic rings. The highest BCUT2D eigenvalue weighted by atomic mass is 32.1. The summed E-state index contributed by atoms with van der Waals surface area (Å²) in [7, 11) is 0. The second-order valence-corrected chi connectivity index (χ2v) is 5.14. The molecule has 0 bridgehead atoms. The summed E-state index contributed by atoms with van der Waals surface area (Å²) in [6, 6.07) is 0. The predicted molar refractivity (Wildman–Crippen MR) is 61.7 cm³/mol. The zero-order valence-corrected chi connectivity index (χ0v) is 9.71. The van der Waals surface area contributed by atoms with Gasteiger partial charge >= 0.3 is 0 Å². The van der Waals surface area contributed by atoms with Gasteiger partial charge in [-0.05, 0) is 31.2 Å². The van der Waals surface area contributed by atoms with Crippen LogP contribution in [-0.2, 0) is 11.3 Å². The molecule has 0 spiro atoms. The Balaban J connectivity index is 1.69. The third-order valence-electron chi connectivity index (χ3n) is 3.18. The minimum absolute atomic E-state index is 0.683. The summed E-state index contributed by atoms with van der Waals surface area (Å²) in [6.07, 6.45) is 5.76. The number of nitrogens with two attached hydrogens (primary N) is 1. The third-order valence-corrected chi connectivity index (χ3v) is 3.93. The number of hydrogen-bond acceptors (Lipinski definition) is 4. The Hall–Kier alpha value is -0.450. The topological polar surface area (TPSA) is 48.1 Å². The Morgan fingerprint density at radius 2 is 2.33 bits per heavy atom. The number of ether oxygens (including phenoxy) is 1. The Labute approximate surface area is 94.7 Å². The van der Waals surface area contributed by atoms with E-state index >= 15 is 0 Å². The normalized spacial score (nSPS) is 25.9. The van der Waals surface area contributed by atoms with E-state index in [1.807, 2.05) is 11.7 Å². The lowest BCUT2D eigenvalue weighted by Crippen LogP contribution is -2.22. The first-order valence-electron chi connectivity index (χ1n) is 5.55. The van der Waals surface area contributed by atoms with Crippen molar-refractivity contribution in [3.63, 3.8) is 0 Å². The van der Waals surface area contributed by atoms with Gasteiger partial charge in [0.05, 0.1) is 23.6 Å². The van der Waals surface area contributed by atoms with Crippen molar-refractivity contribution in [3.8, 4) is 0 Å². The van der Waals surface area contributed by atoms with E-state index in [0.29, 0.717) is 18.4 Å². The molecule has 2 atom stereocenters. The number of hydrogen-bond donors (Lipinski definition) is 1. The second kappa shape index (κ2) is 5.58. The van der Waals surface area contributed by atoms with Gasteiger partial charge in [-0.25, -0.2) is 0 Å². The number of rotatable bonds is 5. The van der Waals surface area contributed by atoms with Gasteiger partial charge in [-0.1, -0.05) is 6.42 Å². The Bertz CT molecular complexity index is 276. The summed E-state index contributed by atoms with van der Waals surface area (Å²) in [4.78, 5) is 5.23. The lowest BCUT2D eigenvalue weighted by atomic mass is 9.97. The van der Waals surface area contributed by atoms with Gasteiger partial charge in [-0.3, -0.25) is 4.98 Å². The lowest BCUT2D eigenvalue weighted by molar-refractivity contribution is 0.0768. The van der Waals surface area contributed by atoms with E-state index in [1.54, 1.807) is 11.3 Å². The summed E-state index contributed by atoms with van der Waals surface area (Å²) in [5.74, 6) is 1.37. The summed E-state index contributed by atoms with van der Waals surface area (Å²) in [5, 5.41) is 0. The molecule has 1 saturated carbocycles. The number of thiazole rings is 1. The molecule has 0 aromatic carbocycles. The van der Waals surface area contributed by atoms with E-state index in [1.165, 1.54) is 24.1 Å². The molecular weight excluding hydrogens is 208 g/mol. The summed E-state index contributed by atoms with van der Waals surface area (Å²) < 4.78 is 5.71. The van der Waals surface area contributed by atoms with Crippen molar-refractivity contribution < 1.29 is 4.74 Å². The van der Waals surface area contributed by atoms with E-state index < -0.39 is 0 Å². The molecule has 1 heterocycles. The van der Waals surface area contributed by atoms with Gasteiger partial charge in [0.25, 0.3) is 0 Å². The molecule has 1 fully saturated rings. The van der Waals surface area contributed by atoms with Crippen molar-refractivity contribution in [1.82, 2.24) is 4.98 Å². The molecule has 0 aliphatic heterocycles. The van der Waals surface area contributed by atoms with Crippen LogP contribution in [0.1, 0.15) is 24.1 Å². The van der Waals surface area contributed by atoms with E-state index in [4.69, 9.17) is 10.5 Å². The Kier molecular flexibility index (Phi) is 4.11. The van der Waals surface area contributed by atoms with Gasteiger partial charge in [-0.15, -0.1) is 11.3 Å². The predicted octanol–water partition coefficient (Wildman–Crippen LogP) is 2.03. The molecule has 0 radical (unpaired) electrons. The van der Waals surface area contributed by atoms with Gasteiger partial charge in [0.2, 0.25) is 0 Å². The lowest BCUT2D eigenvalue weighted by Gasteiger charge is -2.17. The van der Waals surface area contributed by atoms with Crippen LogP contribution in [0.2, 0.25) is 0 Å². The van der Waals surface area contributed by atoms with Crippen LogP contribution < -0.4 is 5.73 Å². The first-order valence-corrected chi connectivity index (χ1v) is 6.43. The third kappa shape index (κ3) is 3.00. The highest BCUT2D eigenvalue weighted by Crippen LogP contribution is 2.31. The van der Waals surface area contributed by atoms with Crippen molar-refractivity contribution in [2.24, 2.45) is 17.6 Å². The van der Waals surface area contributed by atoms with Crippen molar-refractivity contribution in [2.45, 2.75) is 25.9 Å². The zero-order chi connectivity index (χ0) is 10.5. The number of nitrogens with zero attached hydrogens (tertiary/aromatic N) is 1. The van der Waals surface area contributed by atoms with Gasteiger partial charge < -0.3 is 10.5 Å². The molecule has 3 nitrogen and oxygen atoms in total. The van der Waals surface area contributed by atoms with Crippen molar-refractivity contribution in [3.05, 3.63) is 16.6 Å². The molecule has 1 aliphatic carbocycles. The van der Waals surface area contributed by atoms with Gasteiger partial charge in [0.1, 0.15) is 0 Å². The van der Waals surface area contributed by atoms with E-state index in [2.05, 4.69) is 4.98 Å². The maximum absolute atomic E-state index is 5.73. The molecule has 4 heteroatoms. The average molecular weight is 226 g/mol. The van der Waals surface area contributed by atoms with Crippen LogP contribution in [0.25, 0.3) is 0 Å². The molecule has 15 heavy (non-hydrogen) atoms. The monoisotopic (exact) mass is 226 g/mol. The molecule has 2 N–H and O–H groups in total. The minimum atomic E-state index is 0.683. The quantitative estimate of drug-likeness (QED) is 0.835. The van der Waals surface area contributed by atoms with Crippen LogP contribution in [0.4, 0.5) is 0 Å². The van der Waals surface area contributed by atoms with Crippen LogP contribution in [0, 0.1) is 11.8 Å². The second-order valence-electron chi connectivity index (χ2n) is 4.17. The summed E-state index contributed by atoms with van der Waals surface area (Å²) in [5.41, 5.74) is 7.57. The molecule has 2 rings (SSSR count). The fourth-order valence-electron chi connectivity index (χ4n) is 2.27. The van der Waals surface area contributed by atoms with Crippen molar-refractivity contribution >= 4 is 11.3 Å². The Morgan fingerprint density at radius 1 is 1.47 bits per heavy atom. The highest BCUT2D eigenvalue weighted by molar-refractivity contribution is 7.09. The molecule has 1 aromatic heterocycles. The minimum Gasteiger partial charge on any atom is -0.376 e. The van der Waals surface area contributed by atoms with Crippen LogP contribution >= 0.6 is 11.3 Å². The van der Waals surface area contributed by atoms with Crippen molar-refractivity contribution in [1.29, 1.82) is 0 Å². The van der Waals surface area contributed by atoms with Crippen molar-refractivity contribution in [2.75, 3.05) is 13.2 Å². The van der Waals surface area contributed by atoms with E-state index in [-0.39, 0.29) is 0 Å². The van der Waals surface area contributed by atoms with Crippen LogP contribution in [0.3, 0.4) is 0 Å². The number of aromatic nitrogens is 1. The van der Waals surface area contributed by atoms with Gasteiger partial charge in [0.15, 0.2) is 0 Å². The molecule has 1 aromatic rings. The van der Waals surface area contributed by atoms with Gasteiger partial charge in [0, 0.05) is 6.20 Å². The molecule has 2 unspecified atom stereocenters. The fraction of sp³-hybridized carbons (Fsp3) is 0.727. The smallest absolute Gasteiger partial charge is 0.0825 e. The molecule has 0 amide bonds. The van der Waals surface area contributed by atoms with Crippen LogP contribution in [-0.4, -0.2) is 18.1 Å². The maximum Gasteiger partial charge on any atom is 0.0825 e. The zero-order valence-electron chi connectivity index (χ0n) is 8.89. The molecule has 84 valence electrons. The highest BCUT2D eigenvalue weighted by Gasteiger charge is 2.25. The Morgan fingerprint density at radius 3 is 3.07 bits per heavy atom. The van der Waals surface area contributed by atoms with Crippen LogP contribution in [0.15, 0.2) is 11.7 Å². The average Bonchev–Trinajstić information content (AvgIpc) is 2.88. The molecular formula is C11H18N2OS. The maximum atomic E-state index is 5.73. The van der Waals surface area contributed by atoms with Gasteiger partial charge in [-0.2, -0.15) is 0 Å². The summed E-state index contributed by atoms with van der Waals surface area (Å²) >= 11 is 1.65. The largest absolute Gasteiger partial charge is 0.376 e. The first-order chi connectivity index (χ1) is 7.40. The molecule has 0 saturated heterocycles. The standard InChI is InChI=1S/C11H18N2OS/c12-4-9-2-1-3-10(9)6-14-7-11-5-13-8-15-11/h5,8-10H,1-4,6-7,12H2. The van der Waals surface area contributed by atoms with Crippen LogP contribution in [0.5, 0.6) is 0 Å². The SMILES string of the molecule is NCC1CCCC1COCc1cncs1. The summed E-state index contributed by atoms with van der Waals surface area (Å²) in [6.45, 7) is 2.38. The van der Waals surface area contributed by atoms with E-state index in [9.17, 15) is 0 Å².